The van der Waals surface area contributed by atoms with Crippen molar-refractivity contribution in [1.29, 1.82) is 0 Å². The number of nitrogens with one attached hydrogen (secondary N) is 1. The molecule has 0 radical (unpaired) electrons. The zero-order valence-electron chi connectivity index (χ0n) is 12.7. The Kier molecular flexibility index (Phi) is 8.15. The van der Waals surface area contributed by atoms with Crippen LogP contribution in [0.2, 0.25) is 0 Å². The van der Waals surface area contributed by atoms with Gasteiger partial charge in [-0.1, -0.05) is 0 Å². The van der Waals surface area contributed by atoms with Crippen molar-refractivity contribution in [3.63, 3.8) is 0 Å². The van der Waals surface area contributed by atoms with Crippen molar-refractivity contribution in [2.45, 2.75) is 25.8 Å². The van der Waals surface area contributed by atoms with E-state index in [-0.39, 0.29) is 5.97 Å². The number of carbonyl (C=O) groups is 1. The predicted molar refractivity (Wildman–Crippen MR) is 74.8 cm³/mol. The number of carbonyl (C=O) groups excluding carboxylic acids is 1. The van der Waals surface area contributed by atoms with Crippen LogP contribution in [0.3, 0.4) is 0 Å². The standard InChI is InChI=1S/C13H29N3O2/c1-7-18-12(17)13(2,14-3)8-9-16(6)11-10-15(4)5/h14H,7-11H2,1-6H3. The van der Waals surface area contributed by atoms with Gasteiger partial charge in [0.05, 0.1) is 6.61 Å². The average molecular weight is 259 g/mol. The molecule has 0 aliphatic carbocycles. The van der Waals surface area contributed by atoms with Gasteiger partial charge in [-0.3, -0.25) is 4.79 Å². The maximum atomic E-state index is 11.9. The molecule has 0 aromatic heterocycles. The van der Waals surface area contributed by atoms with Crippen molar-refractivity contribution in [2.24, 2.45) is 0 Å². The van der Waals surface area contributed by atoms with Crippen LogP contribution >= 0.6 is 0 Å². The fraction of sp³-hybridized carbons (Fsp3) is 0.923. The maximum absolute atomic E-state index is 11.9. The molecule has 0 aliphatic heterocycles. The van der Waals surface area contributed by atoms with Crippen molar-refractivity contribution in [2.75, 3.05) is 54.4 Å². The highest BCUT2D eigenvalue weighted by Gasteiger charge is 2.32. The summed E-state index contributed by atoms with van der Waals surface area (Å²) < 4.78 is 5.10. The quantitative estimate of drug-likeness (QED) is 0.608. The third-order valence-corrected chi connectivity index (χ3v) is 3.20. The maximum Gasteiger partial charge on any atom is 0.326 e. The van der Waals surface area contributed by atoms with Crippen LogP contribution in [-0.2, 0) is 9.53 Å². The van der Waals surface area contributed by atoms with Crippen molar-refractivity contribution < 1.29 is 9.53 Å². The summed E-state index contributed by atoms with van der Waals surface area (Å²) >= 11 is 0. The Morgan fingerprint density at radius 3 is 2.28 bits per heavy atom. The van der Waals surface area contributed by atoms with Gasteiger partial charge in [0.25, 0.3) is 0 Å². The van der Waals surface area contributed by atoms with E-state index in [0.29, 0.717) is 6.61 Å². The topological polar surface area (TPSA) is 44.8 Å². The van der Waals surface area contributed by atoms with E-state index >= 15 is 0 Å². The van der Waals surface area contributed by atoms with Crippen LogP contribution in [-0.4, -0.2) is 75.7 Å². The average Bonchev–Trinajstić information content (AvgIpc) is 2.33. The van der Waals surface area contributed by atoms with Crippen LogP contribution in [0, 0.1) is 0 Å². The van der Waals surface area contributed by atoms with Gasteiger partial charge in [-0.25, -0.2) is 0 Å². The second-order valence-corrected chi connectivity index (χ2v) is 5.16. The molecule has 0 spiro atoms. The van der Waals surface area contributed by atoms with E-state index in [1.54, 1.807) is 7.05 Å². The van der Waals surface area contributed by atoms with Crippen LogP contribution in [0.5, 0.6) is 0 Å². The lowest BCUT2D eigenvalue weighted by molar-refractivity contribution is -0.150. The zero-order chi connectivity index (χ0) is 14.2. The Balaban J connectivity index is 4.16. The first-order chi connectivity index (χ1) is 8.35. The van der Waals surface area contributed by atoms with Gasteiger partial charge in [-0.15, -0.1) is 0 Å². The summed E-state index contributed by atoms with van der Waals surface area (Å²) in [6, 6.07) is 0. The number of nitrogens with zero attached hydrogens (tertiary/aromatic N) is 2. The summed E-state index contributed by atoms with van der Waals surface area (Å²) in [6.07, 6.45) is 0.742. The molecule has 0 amide bonds. The Morgan fingerprint density at radius 1 is 1.22 bits per heavy atom. The van der Waals surface area contributed by atoms with Crippen LogP contribution in [0.1, 0.15) is 20.3 Å². The summed E-state index contributed by atoms with van der Waals surface area (Å²) in [5.74, 6) is -0.173. The first-order valence-electron chi connectivity index (χ1n) is 6.55. The highest BCUT2D eigenvalue weighted by atomic mass is 16.5. The number of ether oxygens (including phenoxy) is 1. The summed E-state index contributed by atoms with van der Waals surface area (Å²) in [5, 5.41) is 3.07. The second-order valence-electron chi connectivity index (χ2n) is 5.16. The molecule has 18 heavy (non-hydrogen) atoms. The Morgan fingerprint density at radius 2 is 1.83 bits per heavy atom. The third kappa shape index (κ3) is 6.33. The van der Waals surface area contributed by atoms with Crippen molar-refractivity contribution in [1.82, 2.24) is 15.1 Å². The zero-order valence-corrected chi connectivity index (χ0v) is 12.7. The van der Waals surface area contributed by atoms with Crippen LogP contribution in [0.25, 0.3) is 0 Å². The fourth-order valence-corrected chi connectivity index (χ4v) is 1.52. The number of likely N-dealkylation sites (N-methyl/N-ethyl adjacent to an activating group) is 3. The number of hydrogen-bond acceptors (Lipinski definition) is 5. The molecular formula is C13H29N3O2. The lowest BCUT2D eigenvalue weighted by atomic mass is 9.98. The van der Waals surface area contributed by atoms with Gasteiger partial charge in [-0.05, 0) is 48.5 Å². The molecule has 5 heteroatoms. The smallest absolute Gasteiger partial charge is 0.326 e. The van der Waals surface area contributed by atoms with E-state index in [4.69, 9.17) is 4.74 Å². The largest absolute Gasteiger partial charge is 0.465 e. The fourth-order valence-electron chi connectivity index (χ4n) is 1.52. The van der Waals surface area contributed by atoms with Gasteiger partial charge in [0.2, 0.25) is 0 Å². The Bertz CT molecular complexity index is 246. The van der Waals surface area contributed by atoms with Gasteiger partial charge in [0, 0.05) is 19.6 Å². The molecule has 1 atom stereocenters. The van der Waals surface area contributed by atoms with Gasteiger partial charge in [0.15, 0.2) is 0 Å². The molecule has 0 heterocycles. The molecule has 1 unspecified atom stereocenters. The molecule has 108 valence electrons. The van der Waals surface area contributed by atoms with E-state index in [1.165, 1.54) is 0 Å². The van der Waals surface area contributed by atoms with E-state index in [2.05, 4.69) is 36.3 Å². The molecule has 0 fully saturated rings. The van der Waals surface area contributed by atoms with Crippen molar-refractivity contribution in [3.8, 4) is 0 Å². The minimum atomic E-state index is -0.595. The minimum Gasteiger partial charge on any atom is -0.465 e. The summed E-state index contributed by atoms with van der Waals surface area (Å²) in [6.45, 7) is 7.03. The predicted octanol–water partition coefficient (Wildman–Crippen LogP) is 0.411. The van der Waals surface area contributed by atoms with E-state index in [1.807, 2.05) is 13.8 Å². The molecule has 0 rings (SSSR count). The van der Waals surface area contributed by atoms with Gasteiger partial charge in [0.1, 0.15) is 5.54 Å². The normalized spacial score (nSPS) is 14.9. The SMILES string of the molecule is CCOC(=O)C(C)(CCN(C)CCN(C)C)NC. The highest BCUT2D eigenvalue weighted by Crippen LogP contribution is 2.12. The van der Waals surface area contributed by atoms with E-state index in [9.17, 15) is 4.79 Å². The van der Waals surface area contributed by atoms with Crippen molar-refractivity contribution >= 4 is 5.97 Å². The number of rotatable bonds is 9. The second kappa shape index (κ2) is 8.45. The molecule has 0 saturated carbocycles. The van der Waals surface area contributed by atoms with Crippen molar-refractivity contribution in [3.05, 3.63) is 0 Å². The minimum absolute atomic E-state index is 0.173. The van der Waals surface area contributed by atoms with Crippen LogP contribution in [0.4, 0.5) is 0 Å². The molecular weight excluding hydrogens is 230 g/mol. The van der Waals surface area contributed by atoms with E-state index < -0.39 is 5.54 Å². The lowest BCUT2D eigenvalue weighted by Crippen LogP contribution is -2.50. The summed E-state index contributed by atoms with van der Waals surface area (Å²) in [7, 11) is 8.00. The monoisotopic (exact) mass is 259 g/mol. The molecule has 1 N–H and O–H groups in total. The third-order valence-electron chi connectivity index (χ3n) is 3.20. The highest BCUT2D eigenvalue weighted by molar-refractivity contribution is 5.80. The van der Waals surface area contributed by atoms with Crippen LogP contribution < -0.4 is 5.32 Å². The Labute approximate surface area is 111 Å². The summed E-state index contributed by atoms with van der Waals surface area (Å²) in [5.41, 5.74) is -0.595. The molecule has 5 nitrogen and oxygen atoms in total. The molecule has 0 aliphatic rings. The van der Waals surface area contributed by atoms with Gasteiger partial charge in [-0.2, -0.15) is 0 Å². The van der Waals surface area contributed by atoms with Gasteiger partial charge >= 0.3 is 5.97 Å². The number of hydrogen-bond donors (Lipinski definition) is 1. The number of esters is 1. The summed E-state index contributed by atoms with van der Waals surface area (Å²) in [4.78, 5) is 16.2. The van der Waals surface area contributed by atoms with Crippen LogP contribution in [0.15, 0.2) is 0 Å². The van der Waals surface area contributed by atoms with Gasteiger partial charge < -0.3 is 19.9 Å². The first-order valence-corrected chi connectivity index (χ1v) is 6.55. The molecule has 0 saturated heterocycles. The molecule has 0 aromatic rings. The Hall–Kier alpha value is -0.650. The molecule has 0 aromatic carbocycles. The molecule has 0 bridgehead atoms. The lowest BCUT2D eigenvalue weighted by Gasteiger charge is -2.29. The van der Waals surface area contributed by atoms with E-state index in [0.717, 1.165) is 26.1 Å². The first kappa shape index (κ1) is 17.4.